The van der Waals surface area contributed by atoms with Crippen molar-refractivity contribution in [3.05, 3.63) is 83.4 Å². The number of nitrogens with zero attached hydrogens (tertiary/aromatic N) is 2. The van der Waals surface area contributed by atoms with Crippen LogP contribution in [0.25, 0.3) is 32.9 Å². The van der Waals surface area contributed by atoms with Gasteiger partial charge in [-0.3, -0.25) is 14.8 Å². The molecule has 40 heavy (non-hydrogen) atoms. The van der Waals surface area contributed by atoms with Gasteiger partial charge < -0.3 is 5.11 Å². The summed E-state index contributed by atoms with van der Waals surface area (Å²) >= 11 is 0. The van der Waals surface area contributed by atoms with E-state index in [1.54, 1.807) is 0 Å². The fourth-order valence-corrected chi connectivity index (χ4v) is 5.77. The molecule has 1 radical (unpaired) electrons. The largest absolute Gasteiger partial charge is 0.512 e. The number of benzene rings is 2. The van der Waals surface area contributed by atoms with Crippen molar-refractivity contribution in [3.8, 4) is 11.3 Å². The Bertz CT molecular complexity index is 1530. The van der Waals surface area contributed by atoms with Gasteiger partial charge in [0.15, 0.2) is 5.78 Å². The molecule has 0 spiro atoms. The third kappa shape index (κ3) is 5.92. The van der Waals surface area contributed by atoms with Gasteiger partial charge in [-0.2, -0.15) is 0 Å². The molecule has 0 bridgehead atoms. The minimum atomic E-state index is -0.131. The van der Waals surface area contributed by atoms with E-state index in [1.807, 2.05) is 46.2 Å². The molecule has 1 aliphatic carbocycles. The maximum absolute atomic E-state index is 11.7. The number of ketones is 1. The van der Waals surface area contributed by atoms with Crippen LogP contribution in [0.4, 0.5) is 0 Å². The number of aryl methyl sites for hydroxylation is 1. The quantitative estimate of drug-likeness (QED) is 0.118. The van der Waals surface area contributed by atoms with Gasteiger partial charge in [0.05, 0.1) is 11.3 Å². The zero-order valence-electron chi connectivity index (χ0n) is 24.8. The van der Waals surface area contributed by atoms with Crippen LogP contribution in [0, 0.1) is 24.8 Å². The smallest absolute Gasteiger partial charge is 0.162 e. The Balaban J connectivity index is 0.000000243. The van der Waals surface area contributed by atoms with Gasteiger partial charge in [-0.15, -0.1) is 23.8 Å². The number of allylic oxidation sites excluding steroid dienone is 2. The Labute approximate surface area is 252 Å². The first-order valence-electron chi connectivity index (χ1n) is 14.3. The molecule has 2 heterocycles. The van der Waals surface area contributed by atoms with E-state index in [1.165, 1.54) is 33.5 Å². The number of aliphatic hydroxyl groups is 1. The summed E-state index contributed by atoms with van der Waals surface area (Å²) in [4.78, 5) is 21.2. The number of hydrogen-bond acceptors (Lipinski definition) is 4. The molecule has 4 aromatic rings. The first-order chi connectivity index (χ1) is 18.7. The number of aliphatic hydroxyl groups excluding tert-OH is 1. The average molecular weight is 714 g/mol. The van der Waals surface area contributed by atoms with Gasteiger partial charge in [-0.05, 0) is 49.9 Å². The van der Waals surface area contributed by atoms with E-state index in [-0.39, 0.29) is 48.9 Å². The monoisotopic (exact) mass is 714 g/mol. The standard InChI is InChI=1S/C22H17N2.C13H24O2.Ir/c1-13-6-4-9-19-16(13)10-17-21(24-19)15-8-5-7-14-11-23-12-18(20(14)15)22(17,2)3;1-5-10(6-2)12(14)9-13(15)11(7-3)8-4;/h4-7,9-12H,1-3H3;9-11,14H,5-8H2,1-4H3;/q-1;;/b;12-9-;. The molecule has 2 aromatic heterocycles. The molecule has 0 amide bonds. The molecule has 0 unspecified atom stereocenters. The second kappa shape index (κ2) is 13.2. The van der Waals surface area contributed by atoms with Crippen LogP contribution in [0.2, 0.25) is 0 Å². The number of rotatable bonds is 7. The van der Waals surface area contributed by atoms with Crippen LogP contribution < -0.4 is 0 Å². The minimum Gasteiger partial charge on any atom is -0.512 e. The van der Waals surface area contributed by atoms with Crippen molar-refractivity contribution in [1.82, 2.24) is 9.97 Å². The Morgan fingerprint density at radius 2 is 1.68 bits per heavy atom. The fraction of sp³-hybridized carbons (Fsp3) is 0.400. The Hall–Kier alpha value is -2.88. The van der Waals surface area contributed by atoms with Crippen LogP contribution in [0.1, 0.15) is 83.9 Å². The fourth-order valence-electron chi connectivity index (χ4n) is 5.77. The molecule has 5 rings (SSSR count). The molecule has 213 valence electrons. The van der Waals surface area contributed by atoms with Crippen molar-refractivity contribution < 1.29 is 30.0 Å². The van der Waals surface area contributed by atoms with Gasteiger partial charge in [0, 0.05) is 61.2 Å². The molecular weight excluding hydrogens is 673 g/mol. The molecule has 0 fully saturated rings. The summed E-state index contributed by atoms with van der Waals surface area (Å²) in [7, 11) is 0. The zero-order chi connectivity index (χ0) is 28.3. The van der Waals surface area contributed by atoms with Crippen molar-refractivity contribution in [2.45, 2.75) is 79.6 Å². The van der Waals surface area contributed by atoms with Crippen LogP contribution in [0.15, 0.2) is 60.6 Å². The van der Waals surface area contributed by atoms with Crippen molar-refractivity contribution in [1.29, 1.82) is 0 Å². The number of pyridine rings is 2. The summed E-state index contributed by atoms with van der Waals surface area (Å²) in [5.74, 6) is 0.547. The first kappa shape index (κ1) is 31.6. The molecule has 1 N–H and O–H groups in total. The Morgan fingerprint density at radius 3 is 2.33 bits per heavy atom. The molecular formula is C35H41IrN2O2-. The summed E-state index contributed by atoms with van der Waals surface area (Å²) in [5, 5.41) is 13.4. The summed E-state index contributed by atoms with van der Waals surface area (Å²) in [6.07, 6.45) is 8.84. The van der Waals surface area contributed by atoms with Crippen molar-refractivity contribution in [2.24, 2.45) is 11.8 Å². The summed E-state index contributed by atoms with van der Waals surface area (Å²) in [5.41, 5.74) is 6.85. The summed E-state index contributed by atoms with van der Waals surface area (Å²) in [6.45, 7) is 14.8. The molecule has 5 heteroatoms. The molecule has 2 aromatic carbocycles. The number of aromatic nitrogens is 2. The van der Waals surface area contributed by atoms with E-state index in [0.717, 1.165) is 47.8 Å². The van der Waals surface area contributed by atoms with Gasteiger partial charge in [0.25, 0.3) is 0 Å². The second-order valence-corrected chi connectivity index (χ2v) is 11.2. The predicted octanol–water partition coefficient (Wildman–Crippen LogP) is 9.07. The third-order valence-electron chi connectivity index (χ3n) is 8.46. The van der Waals surface area contributed by atoms with E-state index in [0.29, 0.717) is 0 Å². The molecule has 1 aliphatic rings. The van der Waals surface area contributed by atoms with E-state index in [9.17, 15) is 9.90 Å². The summed E-state index contributed by atoms with van der Waals surface area (Å²) in [6, 6.07) is 16.1. The maximum Gasteiger partial charge on any atom is 0.162 e. The molecule has 0 saturated heterocycles. The van der Waals surface area contributed by atoms with E-state index < -0.39 is 0 Å². The predicted molar refractivity (Wildman–Crippen MR) is 162 cm³/mol. The van der Waals surface area contributed by atoms with Gasteiger partial charge in [-0.25, -0.2) is 0 Å². The topological polar surface area (TPSA) is 63.1 Å². The van der Waals surface area contributed by atoms with E-state index >= 15 is 0 Å². The van der Waals surface area contributed by atoms with E-state index in [2.05, 4.69) is 62.2 Å². The van der Waals surface area contributed by atoms with Crippen LogP contribution >= 0.6 is 0 Å². The van der Waals surface area contributed by atoms with Crippen molar-refractivity contribution in [3.63, 3.8) is 0 Å². The Morgan fingerprint density at radius 1 is 1.00 bits per heavy atom. The maximum atomic E-state index is 11.7. The first-order valence-corrected chi connectivity index (χ1v) is 14.3. The number of carbonyl (C=O) groups is 1. The average Bonchev–Trinajstić information content (AvgIpc) is 2.93. The van der Waals surface area contributed by atoms with Crippen LogP contribution in [-0.2, 0) is 30.3 Å². The molecule has 0 saturated carbocycles. The van der Waals surface area contributed by atoms with Crippen LogP contribution in [0.5, 0.6) is 0 Å². The number of fused-ring (bicyclic) bond motifs is 3. The zero-order valence-corrected chi connectivity index (χ0v) is 27.2. The SMILES string of the molecule is CCC(CC)C(=O)/C=C(\O)C(CC)CC.Cc1cccc2nc3c(cc12)C(C)(C)c1cncc2cc[c-]c-3c12.[Ir]. The third-order valence-corrected chi connectivity index (χ3v) is 8.46. The number of hydrogen-bond donors (Lipinski definition) is 1. The van der Waals surface area contributed by atoms with Crippen molar-refractivity contribution >= 4 is 27.5 Å². The molecule has 0 aliphatic heterocycles. The van der Waals surface area contributed by atoms with Crippen molar-refractivity contribution in [2.75, 3.05) is 0 Å². The Kier molecular flexibility index (Phi) is 10.4. The van der Waals surface area contributed by atoms with Crippen LogP contribution in [0.3, 0.4) is 0 Å². The van der Waals surface area contributed by atoms with Crippen LogP contribution in [-0.4, -0.2) is 20.9 Å². The van der Waals surface area contributed by atoms with Gasteiger partial charge in [0.1, 0.15) is 0 Å². The molecule has 4 nitrogen and oxygen atoms in total. The molecule has 0 atom stereocenters. The number of carbonyl (C=O) groups excluding carboxylic acids is 1. The van der Waals surface area contributed by atoms with E-state index in [4.69, 9.17) is 4.98 Å². The minimum absolute atomic E-state index is 0. The van der Waals surface area contributed by atoms with Gasteiger partial charge >= 0.3 is 0 Å². The van der Waals surface area contributed by atoms with Gasteiger partial charge in [0.2, 0.25) is 0 Å². The van der Waals surface area contributed by atoms with Gasteiger partial charge in [-0.1, -0.05) is 81.6 Å². The second-order valence-electron chi connectivity index (χ2n) is 11.2. The normalized spacial score (nSPS) is 13.6. The summed E-state index contributed by atoms with van der Waals surface area (Å²) < 4.78 is 0.